The number of hydroxylamine groups is 1. The molecule has 1 N–H and O–H groups in total. The minimum atomic E-state index is -4.47. The number of hydrogen-bond donors (Lipinski definition) is 1. The number of fused-ring (bicyclic) bond motifs is 1. The predicted molar refractivity (Wildman–Crippen MR) is 61.7 cm³/mol. The highest BCUT2D eigenvalue weighted by molar-refractivity contribution is 7.15. The lowest BCUT2D eigenvalue weighted by Gasteiger charge is -2.07. The zero-order valence-corrected chi connectivity index (χ0v) is 10.6. The molecular weight excluding hydrogens is 283 g/mol. The third-order valence-electron chi connectivity index (χ3n) is 2.17. The van der Waals surface area contributed by atoms with Gasteiger partial charge in [0.1, 0.15) is 0 Å². The van der Waals surface area contributed by atoms with Crippen LogP contribution in [0.4, 0.5) is 13.2 Å². The molecule has 2 aromatic rings. The number of thiazole rings is 1. The average Bonchev–Trinajstić information content (AvgIpc) is 2.77. The number of aryl methyl sites for hydroxylation is 1. The number of amides is 1. The lowest BCUT2D eigenvalue weighted by molar-refractivity contribution is -0.191. The molecule has 2 rings (SSSR count). The van der Waals surface area contributed by atoms with E-state index < -0.39 is 18.7 Å². The molecule has 0 fully saturated rings. The van der Waals surface area contributed by atoms with Crippen molar-refractivity contribution >= 4 is 22.2 Å². The average molecular weight is 293 g/mol. The van der Waals surface area contributed by atoms with Crippen LogP contribution >= 0.6 is 11.3 Å². The van der Waals surface area contributed by atoms with Gasteiger partial charge < -0.3 is 0 Å². The van der Waals surface area contributed by atoms with Crippen LogP contribution in [0.25, 0.3) is 4.96 Å². The Morgan fingerprint density at radius 1 is 1.58 bits per heavy atom. The predicted octanol–water partition coefficient (Wildman–Crippen LogP) is 1.86. The van der Waals surface area contributed by atoms with E-state index in [2.05, 4.69) is 9.82 Å². The van der Waals surface area contributed by atoms with Gasteiger partial charge in [0.25, 0.3) is 0 Å². The third-order valence-corrected chi connectivity index (χ3v) is 3.06. The van der Waals surface area contributed by atoms with E-state index in [9.17, 15) is 18.0 Å². The fourth-order valence-corrected chi connectivity index (χ4v) is 2.39. The van der Waals surface area contributed by atoms with Gasteiger partial charge >= 0.3 is 6.18 Å². The molecule has 0 unspecified atom stereocenters. The Labute approximate surface area is 110 Å². The molecule has 0 aliphatic heterocycles. The number of carbonyl (C=O) groups excluding carboxylic acids is 1. The summed E-state index contributed by atoms with van der Waals surface area (Å²) in [7, 11) is 0. The van der Waals surface area contributed by atoms with Crippen LogP contribution in [-0.2, 0) is 16.1 Å². The molecule has 0 saturated carbocycles. The van der Waals surface area contributed by atoms with Crippen molar-refractivity contribution in [2.24, 2.45) is 0 Å². The molecule has 0 radical (unpaired) electrons. The van der Waals surface area contributed by atoms with E-state index in [-0.39, 0.29) is 6.42 Å². The summed E-state index contributed by atoms with van der Waals surface area (Å²) in [6.07, 6.45) is -2.79. The van der Waals surface area contributed by atoms with Gasteiger partial charge in [0.15, 0.2) is 11.6 Å². The molecule has 2 heterocycles. The maximum absolute atomic E-state index is 11.8. The quantitative estimate of drug-likeness (QED) is 0.875. The van der Waals surface area contributed by atoms with Crippen LogP contribution in [-0.4, -0.2) is 28.1 Å². The summed E-state index contributed by atoms with van der Waals surface area (Å²) in [5.74, 6) is -0.643. The van der Waals surface area contributed by atoms with Crippen LogP contribution < -0.4 is 5.48 Å². The minimum Gasteiger partial charge on any atom is -0.294 e. The lowest BCUT2D eigenvalue weighted by Crippen LogP contribution is -2.30. The van der Waals surface area contributed by atoms with E-state index in [1.807, 2.05) is 6.92 Å². The number of rotatable bonds is 4. The van der Waals surface area contributed by atoms with Gasteiger partial charge in [0.05, 0.1) is 12.1 Å². The molecule has 0 aliphatic rings. The normalized spacial score (nSPS) is 12.0. The van der Waals surface area contributed by atoms with Crippen molar-refractivity contribution in [3.8, 4) is 0 Å². The molecule has 2 aromatic heterocycles. The second-order valence-corrected chi connectivity index (χ2v) is 4.70. The fraction of sp³-hybridized carbons (Fsp3) is 0.400. The van der Waals surface area contributed by atoms with Crippen LogP contribution in [0.3, 0.4) is 0 Å². The zero-order chi connectivity index (χ0) is 14.0. The summed E-state index contributed by atoms with van der Waals surface area (Å²) in [5, 5.41) is 1.73. The first-order valence-corrected chi connectivity index (χ1v) is 6.12. The number of hydrogen-bond acceptors (Lipinski definition) is 4. The highest BCUT2D eigenvalue weighted by Gasteiger charge is 2.28. The Morgan fingerprint density at radius 2 is 2.32 bits per heavy atom. The van der Waals surface area contributed by atoms with Crippen molar-refractivity contribution < 1.29 is 22.8 Å². The van der Waals surface area contributed by atoms with Gasteiger partial charge in [-0.25, -0.2) is 10.5 Å². The van der Waals surface area contributed by atoms with Gasteiger partial charge in [-0.05, 0) is 6.92 Å². The Morgan fingerprint density at radius 3 is 3.00 bits per heavy atom. The van der Waals surface area contributed by atoms with E-state index in [0.717, 1.165) is 10.7 Å². The fourth-order valence-electron chi connectivity index (χ4n) is 1.47. The van der Waals surface area contributed by atoms with Crippen molar-refractivity contribution in [2.75, 3.05) is 6.61 Å². The van der Waals surface area contributed by atoms with Crippen LogP contribution in [0, 0.1) is 6.92 Å². The Hall–Kier alpha value is -1.61. The highest BCUT2D eigenvalue weighted by atomic mass is 32.1. The number of nitrogens with one attached hydrogen (secondary N) is 1. The van der Waals surface area contributed by atoms with Crippen molar-refractivity contribution in [3.05, 3.63) is 23.0 Å². The van der Waals surface area contributed by atoms with Gasteiger partial charge in [-0.1, -0.05) is 0 Å². The van der Waals surface area contributed by atoms with Gasteiger partial charge in [-0.3, -0.25) is 14.0 Å². The van der Waals surface area contributed by atoms with E-state index in [1.165, 1.54) is 11.3 Å². The van der Waals surface area contributed by atoms with Crippen LogP contribution in [0.1, 0.15) is 11.4 Å². The Kier molecular flexibility index (Phi) is 3.76. The van der Waals surface area contributed by atoms with E-state index in [1.54, 1.807) is 21.5 Å². The first-order valence-electron chi connectivity index (χ1n) is 5.24. The first kappa shape index (κ1) is 13.8. The summed E-state index contributed by atoms with van der Waals surface area (Å²) < 4.78 is 37.1. The largest absolute Gasteiger partial charge is 0.414 e. The molecule has 5 nitrogen and oxygen atoms in total. The third kappa shape index (κ3) is 3.67. The van der Waals surface area contributed by atoms with Gasteiger partial charge in [0, 0.05) is 17.3 Å². The van der Waals surface area contributed by atoms with Crippen molar-refractivity contribution in [1.29, 1.82) is 0 Å². The topological polar surface area (TPSA) is 55.6 Å². The Balaban J connectivity index is 1.92. The number of aromatic nitrogens is 2. The molecule has 0 saturated heterocycles. The van der Waals surface area contributed by atoms with E-state index in [4.69, 9.17) is 0 Å². The summed E-state index contributed by atoms with van der Waals surface area (Å²) in [4.78, 5) is 20.4. The molecule has 9 heteroatoms. The van der Waals surface area contributed by atoms with Crippen molar-refractivity contribution in [1.82, 2.24) is 14.9 Å². The van der Waals surface area contributed by atoms with Gasteiger partial charge in [0.2, 0.25) is 5.91 Å². The van der Waals surface area contributed by atoms with Crippen molar-refractivity contribution in [2.45, 2.75) is 19.5 Å². The summed E-state index contributed by atoms with van der Waals surface area (Å²) in [6.45, 7) is 0.304. The molecule has 104 valence electrons. The second kappa shape index (κ2) is 5.17. The molecule has 0 aliphatic carbocycles. The molecule has 0 bridgehead atoms. The molecule has 0 spiro atoms. The number of halogens is 3. The Bertz CT molecular complexity index is 590. The van der Waals surface area contributed by atoms with Crippen LogP contribution in [0.2, 0.25) is 0 Å². The van der Waals surface area contributed by atoms with E-state index in [0.29, 0.717) is 5.69 Å². The van der Waals surface area contributed by atoms with Crippen LogP contribution in [0.5, 0.6) is 0 Å². The first-order chi connectivity index (χ1) is 8.85. The second-order valence-electron chi connectivity index (χ2n) is 3.87. The summed E-state index contributed by atoms with van der Waals surface area (Å²) in [5.41, 5.74) is 3.22. The molecule has 19 heavy (non-hydrogen) atoms. The minimum absolute atomic E-state index is 0.0757. The zero-order valence-electron chi connectivity index (χ0n) is 9.82. The number of nitrogens with zero attached hydrogens (tertiary/aromatic N) is 2. The maximum atomic E-state index is 11.8. The SMILES string of the molecule is Cc1cn2c(CC(=O)NOCC(F)(F)F)csc2n1. The van der Waals surface area contributed by atoms with Gasteiger partial charge in [-0.2, -0.15) is 13.2 Å². The lowest BCUT2D eigenvalue weighted by atomic mass is 10.3. The molecule has 1 amide bonds. The van der Waals surface area contributed by atoms with Crippen molar-refractivity contribution in [3.63, 3.8) is 0 Å². The maximum Gasteiger partial charge on any atom is 0.414 e. The highest BCUT2D eigenvalue weighted by Crippen LogP contribution is 2.17. The van der Waals surface area contributed by atoms with Gasteiger partial charge in [-0.15, -0.1) is 11.3 Å². The molecule has 0 atom stereocenters. The molecular formula is C10H10F3N3O2S. The number of carbonyl (C=O) groups is 1. The van der Waals surface area contributed by atoms with E-state index >= 15 is 0 Å². The summed E-state index contributed by atoms with van der Waals surface area (Å²) in [6, 6.07) is 0. The smallest absolute Gasteiger partial charge is 0.294 e. The summed E-state index contributed by atoms with van der Waals surface area (Å²) >= 11 is 1.36. The number of imidazole rings is 1. The standard InChI is InChI=1S/C10H10F3N3O2S/c1-6-3-16-7(4-19-9(16)14-6)2-8(17)15-18-5-10(11,12)13/h3-4H,2,5H2,1H3,(H,15,17). The monoisotopic (exact) mass is 293 g/mol. The number of alkyl halides is 3. The molecule has 0 aromatic carbocycles. The van der Waals surface area contributed by atoms with Crippen LogP contribution in [0.15, 0.2) is 11.6 Å².